The summed E-state index contributed by atoms with van der Waals surface area (Å²) in [6.45, 7) is 4.16. The molecule has 0 aliphatic carbocycles. The highest BCUT2D eigenvalue weighted by molar-refractivity contribution is 7.98. The minimum Gasteiger partial charge on any atom is -0.351 e. The first-order chi connectivity index (χ1) is 11.1. The number of nitrogens with one attached hydrogen (secondary N) is 1. The molecule has 0 saturated heterocycles. The van der Waals surface area contributed by atoms with E-state index in [4.69, 9.17) is 0 Å². The molecule has 0 aromatic heterocycles. The second-order valence-corrected chi connectivity index (χ2v) is 7.49. The van der Waals surface area contributed by atoms with E-state index in [1.807, 2.05) is 24.3 Å². The predicted molar refractivity (Wildman–Crippen MR) is 99.6 cm³/mol. The molecule has 2 rings (SSSR count). The van der Waals surface area contributed by atoms with Gasteiger partial charge >= 0.3 is 0 Å². The lowest BCUT2D eigenvalue weighted by molar-refractivity contribution is -0.122. The number of hydrogen-bond donors (Lipinski definition) is 1. The van der Waals surface area contributed by atoms with Crippen LogP contribution in [0.4, 0.5) is 0 Å². The van der Waals surface area contributed by atoms with Crippen molar-refractivity contribution in [2.24, 2.45) is 0 Å². The molecule has 2 nitrogen and oxygen atoms in total. The molecule has 0 radical (unpaired) electrons. The summed E-state index contributed by atoms with van der Waals surface area (Å²) in [6, 6.07) is 20.7. The van der Waals surface area contributed by atoms with Crippen LogP contribution in [0.3, 0.4) is 0 Å². The largest absolute Gasteiger partial charge is 0.351 e. The summed E-state index contributed by atoms with van der Waals surface area (Å²) < 4.78 is 0. The quantitative estimate of drug-likeness (QED) is 0.726. The van der Waals surface area contributed by atoms with E-state index in [0.717, 1.165) is 17.9 Å². The van der Waals surface area contributed by atoms with Crippen molar-refractivity contribution in [1.82, 2.24) is 5.32 Å². The average molecular weight is 327 g/mol. The molecule has 0 unspecified atom stereocenters. The molecule has 2 aromatic carbocycles. The van der Waals surface area contributed by atoms with E-state index in [0.29, 0.717) is 6.42 Å². The van der Waals surface area contributed by atoms with Gasteiger partial charge in [0.25, 0.3) is 0 Å². The number of benzene rings is 2. The van der Waals surface area contributed by atoms with Crippen molar-refractivity contribution in [2.75, 3.05) is 5.75 Å². The number of thioether (sulfide) groups is 1. The molecule has 2 aromatic rings. The molecule has 0 heterocycles. The molecule has 0 fully saturated rings. The molecule has 0 spiro atoms. The third-order valence-electron chi connectivity index (χ3n) is 3.55. The van der Waals surface area contributed by atoms with Crippen molar-refractivity contribution < 1.29 is 4.79 Å². The first-order valence-electron chi connectivity index (χ1n) is 8.02. The average Bonchev–Trinajstić information content (AvgIpc) is 2.52. The van der Waals surface area contributed by atoms with Crippen LogP contribution in [0.15, 0.2) is 60.7 Å². The minimum atomic E-state index is -0.220. The fourth-order valence-corrected chi connectivity index (χ4v) is 3.42. The summed E-state index contributed by atoms with van der Waals surface area (Å²) in [5.74, 6) is 1.94. The molecule has 1 N–H and O–H groups in total. The Morgan fingerprint density at radius 1 is 0.957 bits per heavy atom. The van der Waals surface area contributed by atoms with Gasteiger partial charge in [0.1, 0.15) is 0 Å². The highest BCUT2D eigenvalue weighted by Gasteiger charge is 2.20. The number of carbonyl (C=O) groups excluding carboxylic acids is 1. The van der Waals surface area contributed by atoms with Crippen LogP contribution in [-0.2, 0) is 17.0 Å². The van der Waals surface area contributed by atoms with Crippen molar-refractivity contribution in [3.05, 3.63) is 71.8 Å². The van der Waals surface area contributed by atoms with E-state index in [1.54, 1.807) is 11.8 Å². The molecular weight excluding hydrogens is 302 g/mol. The Morgan fingerprint density at radius 2 is 1.52 bits per heavy atom. The molecule has 23 heavy (non-hydrogen) atoms. The Hall–Kier alpha value is -1.74. The van der Waals surface area contributed by atoms with E-state index in [2.05, 4.69) is 55.6 Å². The van der Waals surface area contributed by atoms with Gasteiger partial charge in [-0.3, -0.25) is 4.79 Å². The highest BCUT2D eigenvalue weighted by atomic mass is 32.2. The van der Waals surface area contributed by atoms with Gasteiger partial charge in [0.2, 0.25) is 5.91 Å². The maximum Gasteiger partial charge on any atom is 0.221 e. The molecule has 0 atom stereocenters. The zero-order valence-corrected chi connectivity index (χ0v) is 14.7. The van der Waals surface area contributed by atoms with Gasteiger partial charge in [0.15, 0.2) is 0 Å². The Bertz CT molecular complexity index is 596. The first-order valence-corrected chi connectivity index (χ1v) is 9.17. The number of amides is 1. The Balaban J connectivity index is 1.69. The summed E-state index contributed by atoms with van der Waals surface area (Å²) in [5, 5.41) is 3.15. The maximum absolute atomic E-state index is 12.1. The van der Waals surface area contributed by atoms with Crippen molar-refractivity contribution >= 4 is 17.7 Å². The fraction of sp³-hybridized carbons (Fsp3) is 0.350. The van der Waals surface area contributed by atoms with Gasteiger partial charge in [0, 0.05) is 23.5 Å². The lowest BCUT2D eigenvalue weighted by atomic mass is 9.95. The van der Waals surface area contributed by atoms with Gasteiger partial charge in [-0.2, -0.15) is 11.8 Å². The van der Waals surface area contributed by atoms with E-state index in [-0.39, 0.29) is 11.4 Å². The third kappa shape index (κ3) is 6.91. The lowest BCUT2D eigenvalue weighted by Gasteiger charge is -2.26. The van der Waals surface area contributed by atoms with Gasteiger partial charge in [-0.05, 0) is 31.4 Å². The molecule has 0 bridgehead atoms. The topological polar surface area (TPSA) is 29.1 Å². The van der Waals surface area contributed by atoms with Gasteiger partial charge < -0.3 is 5.32 Å². The van der Waals surface area contributed by atoms with Crippen molar-refractivity contribution in [1.29, 1.82) is 0 Å². The standard InChI is InChI=1S/C20H25NOS/c1-20(2,15-17-9-5-3-6-10-17)21-19(22)13-14-23-16-18-11-7-4-8-12-18/h3-12H,13-16H2,1-2H3,(H,21,22). The van der Waals surface area contributed by atoms with Crippen molar-refractivity contribution in [3.8, 4) is 0 Å². The zero-order valence-electron chi connectivity index (χ0n) is 13.9. The van der Waals surface area contributed by atoms with Crippen molar-refractivity contribution in [3.63, 3.8) is 0 Å². The molecule has 1 amide bonds. The zero-order chi connectivity index (χ0) is 16.5. The Morgan fingerprint density at radius 3 is 2.13 bits per heavy atom. The number of carbonyl (C=O) groups is 1. The van der Waals surface area contributed by atoms with E-state index in [1.165, 1.54) is 11.1 Å². The lowest BCUT2D eigenvalue weighted by Crippen LogP contribution is -2.45. The Labute approximate surface area is 143 Å². The SMILES string of the molecule is CC(C)(Cc1ccccc1)NC(=O)CCSCc1ccccc1. The van der Waals surface area contributed by atoms with E-state index in [9.17, 15) is 4.79 Å². The summed E-state index contributed by atoms with van der Waals surface area (Å²) in [5.41, 5.74) is 2.33. The summed E-state index contributed by atoms with van der Waals surface area (Å²) in [4.78, 5) is 12.1. The number of hydrogen-bond acceptors (Lipinski definition) is 2. The summed E-state index contributed by atoms with van der Waals surface area (Å²) in [6.07, 6.45) is 1.41. The maximum atomic E-state index is 12.1. The van der Waals surface area contributed by atoms with E-state index < -0.39 is 0 Å². The van der Waals surface area contributed by atoms with Crippen LogP contribution in [0.1, 0.15) is 31.4 Å². The van der Waals surface area contributed by atoms with Crippen LogP contribution in [0.5, 0.6) is 0 Å². The molecule has 0 saturated carbocycles. The number of rotatable bonds is 8. The fourth-order valence-electron chi connectivity index (χ4n) is 2.52. The molecule has 0 aliphatic rings. The van der Waals surface area contributed by atoms with Crippen LogP contribution in [0, 0.1) is 0 Å². The van der Waals surface area contributed by atoms with Crippen LogP contribution in [0.25, 0.3) is 0 Å². The molecule has 3 heteroatoms. The van der Waals surface area contributed by atoms with Gasteiger partial charge in [-0.15, -0.1) is 0 Å². The van der Waals surface area contributed by atoms with Gasteiger partial charge in [-0.1, -0.05) is 60.7 Å². The van der Waals surface area contributed by atoms with E-state index >= 15 is 0 Å². The molecule has 0 aliphatic heterocycles. The van der Waals surface area contributed by atoms with Gasteiger partial charge in [0.05, 0.1) is 0 Å². The molecular formula is C20H25NOS. The predicted octanol–water partition coefficient (Wildman–Crippen LogP) is 4.45. The summed E-state index contributed by atoms with van der Waals surface area (Å²) in [7, 11) is 0. The van der Waals surface area contributed by atoms with Crippen LogP contribution >= 0.6 is 11.8 Å². The second kappa shape index (κ2) is 8.78. The van der Waals surface area contributed by atoms with Crippen molar-refractivity contribution in [2.45, 2.75) is 38.0 Å². The molecule has 122 valence electrons. The van der Waals surface area contributed by atoms with Crippen LogP contribution in [0.2, 0.25) is 0 Å². The Kier molecular flexibility index (Phi) is 6.72. The van der Waals surface area contributed by atoms with Crippen LogP contribution < -0.4 is 5.32 Å². The third-order valence-corrected chi connectivity index (χ3v) is 4.58. The minimum absolute atomic E-state index is 0.131. The summed E-state index contributed by atoms with van der Waals surface area (Å²) >= 11 is 1.80. The second-order valence-electron chi connectivity index (χ2n) is 6.38. The first kappa shape index (κ1) is 17.6. The highest BCUT2D eigenvalue weighted by Crippen LogP contribution is 2.15. The van der Waals surface area contributed by atoms with Gasteiger partial charge in [-0.25, -0.2) is 0 Å². The smallest absolute Gasteiger partial charge is 0.221 e. The monoisotopic (exact) mass is 327 g/mol. The normalized spacial score (nSPS) is 11.2. The van der Waals surface area contributed by atoms with Crippen LogP contribution in [-0.4, -0.2) is 17.2 Å².